The van der Waals surface area contributed by atoms with E-state index in [-0.39, 0.29) is 5.56 Å². The molecule has 0 spiro atoms. The van der Waals surface area contributed by atoms with Crippen molar-refractivity contribution in [3.05, 3.63) is 65.3 Å². The monoisotopic (exact) mass is 458 g/mol. The van der Waals surface area contributed by atoms with Gasteiger partial charge in [0.25, 0.3) is 5.56 Å². The second kappa shape index (κ2) is 10.8. The molecule has 12 heteroatoms. The molecule has 0 amide bonds. The molecule has 0 aliphatic carbocycles. The van der Waals surface area contributed by atoms with E-state index in [9.17, 15) is 4.79 Å². The van der Waals surface area contributed by atoms with Gasteiger partial charge in [0.05, 0.1) is 38.9 Å². The van der Waals surface area contributed by atoms with Crippen LogP contribution in [0.2, 0.25) is 5.15 Å². The van der Waals surface area contributed by atoms with Crippen molar-refractivity contribution in [3.8, 4) is 22.5 Å². The average molecular weight is 459 g/mol. The second-order valence-electron chi connectivity index (χ2n) is 5.41. The van der Waals surface area contributed by atoms with Crippen molar-refractivity contribution in [3.63, 3.8) is 0 Å². The molecule has 0 fully saturated rings. The van der Waals surface area contributed by atoms with Crippen molar-refractivity contribution in [1.82, 2.24) is 39.9 Å². The minimum absolute atomic E-state index is 0.198. The van der Waals surface area contributed by atoms with Gasteiger partial charge in [0, 0.05) is 12.4 Å². The molecule has 0 radical (unpaired) electrons. The van der Waals surface area contributed by atoms with Crippen molar-refractivity contribution < 1.29 is 0 Å². The maximum Gasteiger partial charge on any atom is 0.260 e. The van der Waals surface area contributed by atoms with Gasteiger partial charge in [0.1, 0.15) is 24.1 Å². The zero-order chi connectivity index (χ0) is 21.3. The van der Waals surface area contributed by atoms with E-state index in [2.05, 4.69) is 39.9 Å². The maximum atomic E-state index is 11.5. The van der Waals surface area contributed by atoms with E-state index >= 15 is 0 Å². The summed E-state index contributed by atoms with van der Waals surface area (Å²) in [7, 11) is 0. The van der Waals surface area contributed by atoms with Crippen molar-refractivity contribution in [2.24, 2.45) is 0 Å². The number of rotatable bonds is 4. The van der Waals surface area contributed by atoms with Crippen molar-refractivity contribution in [2.75, 3.05) is 12.5 Å². The summed E-state index contributed by atoms with van der Waals surface area (Å²) in [5.41, 5.74) is 2.30. The quantitative estimate of drug-likeness (QED) is 0.360. The maximum absolute atomic E-state index is 11.5. The van der Waals surface area contributed by atoms with Crippen LogP contribution in [0.15, 0.2) is 64.7 Å². The van der Waals surface area contributed by atoms with E-state index in [1.165, 1.54) is 43.3 Å². The Morgan fingerprint density at radius 3 is 1.97 bits per heavy atom. The van der Waals surface area contributed by atoms with E-state index in [4.69, 9.17) is 11.6 Å². The number of nitrogens with zero attached hydrogens (tertiary/aromatic N) is 7. The molecule has 0 bridgehead atoms. The lowest BCUT2D eigenvalue weighted by Gasteiger charge is -2.02. The zero-order valence-electron chi connectivity index (χ0n) is 15.9. The van der Waals surface area contributed by atoms with Gasteiger partial charge in [-0.1, -0.05) is 11.6 Å². The van der Waals surface area contributed by atoms with Crippen LogP contribution in [0.5, 0.6) is 0 Å². The van der Waals surface area contributed by atoms with Crippen molar-refractivity contribution in [2.45, 2.75) is 10.1 Å². The summed E-state index contributed by atoms with van der Waals surface area (Å²) in [4.78, 5) is 41.9. The lowest BCUT2D eigenvalue weighted by molar-refractivity contribution is 1.04. The molecular formula is C18H15ClN8OS2. The topological polar surface area (TPSA) is 123 Å². The zero-order valence-corrected chi connectivity index (χ0v) is 18.2. The number of nitrogens with one attached hydrogen (secondary N) is 1. The van der Waals surface area contributed by atoms with Gasteiger partial charge >= 0.3 is 0 Å². The molecule has 4 rings (SSSR count). The van der Waals surface area contributed by atoms with Crippen LogP contribution in [0.3, 0.4) is 0 Å². The Balaban J connectivity index is 0.000000171. The lowest BCUT2D eigenvalue weighted by Crippen LogP contribution is -2.09. The standard InChI is InChI=1S/C9H7ClN4S.C9H8N4OS/c1-15-8-2-7(12-5-13-8)6-3-11-4-14-9(6)10;1-15-8-2-7(11-5-12-8)6-3-10-4-13-9(6)14/h2-5H,1H3;2-5H,1H3,(H,10,13,14). The number of hydrogen-bond donors (Lipinski definition) is 1. The molecule has 1 N–H and O–H groups in total. The van der Waals surface area contributed by atoms with Crippen LogP contribution in [0.25, 0.3) is 22.5 Å². The number of halogens is 1. The molecule has 0 saturated carbocycles. The highest BCUT2D eigenvalue weighted by atomic mass is 35.5. The summed E-state index contributed by atoms with van der Waals surface area (Å²) in [6.45, 7) is 0. The van der Waals surface area contributed by atoms with Gasteiger partial charge < -0.3 is 4.98 Å². The van der Waals surface area contributed by atoms with E-state index in [0.717, 1.165) is 21.3 Å². The first-order valence-electron chi connectivity index (χ1n) is 8.33. The van der Waals surface area contributed by atoms with Crippen molar-refractivity contribution in [1.29, 1.82) is 0 Å². The van der Waals surface area contributed by atoms with Gasteiger partial charge in [-0.15, -0.1) is 23.5 Å². The fraction of sp³-hybridized carbons (Fsp3) is 0.111. The predicted octanol–water partition coefficient (Wildman–Crippen LogP) is 3.26. The van der Waals surface area contributed by atoms with Gasteiger partial charge in [0.2, 0.25) is 0 Å². The Kier molecular flexibility index (Phi) is 7.82. The van der Waals surface area contributed by atoms with Crippen LogP contribution < -0.4 is 5.56 Å². The molecule has 0 aliphatic heterocycles. The molecule has 4 aromatic heterocycles. The number of hydrogen-bond acceptors (Lipinski definition) is 10. The molecule has 9 nitrogen and oxygen atoms in total. The van der Waals surface area contributed by atoms with Gasteiger partial charge in [-0.2, -0.15) is 0 Å². The number of aromatic amines is 1. The number of thioether (sulfide) groups is 2. The highest BCUT2D eigenvalue weighted by Gasteiger charge is 2.07. The summed E-state index contributed by atoms with van der Waals surface area (Å²) in [5, 5.41) is 2.11. The summed E-state index contributed by atoms with van der Waals surface area (Å²) in [5.74, 6) is 0. The lowest BCUT2D eigenvalue weighted by atomic mass is 10.2. The van der Waals surface area contributed by atoms with Crippen LogP contribution >= 0.6 is 35.1 Å². The van der Waals surface area contributed by atoms with Crippen LogP contribution in [0, 0.1) is 0 Å². The molecule has 152 valence electrons. The second-order valence-corrected chi connectivity index (χ2v) is 7.42. The normalized spacial score (nSPS) is 10.2. The Labute approximate surface area is 185 Å². The number of H-pyrrole nitrogens is 1. The molecule has 0 aliphatic rings. The van der Waals surface area contributed by atoms with E-state index in [1.807, 2.05) is 18.6 Å². The molecule has 4 heterocycles. The number of aromatic nitrogens is 8. The van der Waals surface area contributed by atoms with Crippen LogP contribution in [-0.4, -0.2) is 52.4 Å². The van der Waals surface area contributed by atoms with Gasteiger partial charge in [-0.25, -0.2) is 34.9 Å². The minimum Gasteiger partial charge on any atom is -0.313 e. The Hall–Kier alpha value is -2.89. The van der Waals surface area contributed by atoms with Crippen LogP contribution in [0.4, 0.5) is 0 Å². The first-order chi connectivity index (χ1) is 14.6. The van der Waals surface area contributed by atoms with Crippen molar-refractivity contribution >= 4 is 35.1 Å². The van der Waals surface area contributed by atoms with E-state index in [0.29, 0.717) is 16.4 Å². The fourth-order valence-corrected chi connectivity index (χ4v) is 3.16. The summed E-state index contributed by atoms with van der Waals surface area (Å²) >= 11 is 8.98. The summed E-state index contributed by atoms with van der Waals surface area (Å²) < 4.78 is 0. The third-order valence-corrected chi connectivity index (χ3v) is 5.22. The highest BCUT2D eigenvalue weighted by Crippen LogP contribution is 2.24. The summed E-state index contributed by atoms with van der Waals surface area (Å²) in [6, 6.07) is 3.62. The smallest absolute Gasteiger partial charge is 0.260 e. The average Bonchev–Trinajstić information content (AvgIpc) is 2.80. The Morgan fingerprint density at radius 2 is 1.40 bits per heavy atom. The van der Waals surface area contributed by atoms with E-state index in [1.54, 1.807) is 24.0 Å². The minimum atomic E-state index is -0.198. The van der Waals surface area contributed by atoms with Gasteiger partial charge in [0.15, 0.2) is 0 Å². The molecule has 0 atom stereocenters. The third-order valence-electron chi connectivity index (χ3n) is 3.64. The molecule has 30 heavy (non-hydrogen) atoms. The first-order valence-corrected chi connectivity index (χ1v) is 11.2. The molecule has 0 saturated heterocycles. The molecule has 4 aromatic rings. The van der Waals surface area contributed by atoms with Crippen LogP contribution in [-0.2, 0) is 0 Å². The third kappa shape index (κ3) is 5.59. The Morgan fingerprint density at radius 1 is 0.800 bits per heavy atom. The summed E-state index contributed by atoms with van der Waals surface area (Å²) in [6.07, 6.45) is 12.7. The molecule has 0 aromatic carbocycles. The predicted molar refractivity (Wildman–Crippen MR) is 118 cm³/mol. The molecular weight excluding hydrogens is 444 g/mol. The molecule has 0 unspecified atom stereocenters. The largest absolute Gasteiger partial charge is 0.313 e. The van der Waals surface area contributed by atoms with Crippen LogP contribution in [0.1, 0.15) is 0 Å². The SMILES string of the molecule is CSc1cc(-c2cnc[nH]c2=O)ncn1.CSc1cc(-c2cncnc2Cl)ncn1. The van der Waals surface area contributed by atoms with Gasteiger partial charge in [-0.3, -0.25) is 4.79 Å². The van der Waals surface area contributed by atoms with E-state index < -0.39 is 0 Å². The highest BCUT2D eigenvalue weighted by molar-refractivity contribution is 7.98. The van der Waals surface area contributed by atoms with Gasteiger partial charge in [-0.05, 0) is 24.6 Å². The fourth-order valence-electron chi connectivity index (χ4n) is 2.21. The first kappa shape index (κ1) is 21.8. The Bertz CT molecular complexity index is 1190.